The van der Waals surface area contributed by atoms with Gasteiger partial charge < -0.3 is 24.6 Å². The topological polar surface area (TPSA) is 110 Å². The molecule has 292 valence electrons. The quantitative estimate of drug-likeness (QED) is 0.170. The molecule has 2 saturated carbocycles. The molecule has 5 aromatic rings. The lowest BCUT2D eigenvalue weighted by Gasteiger charge is -2.40. The van der Waals surface area contributed by atoms with E-state index in [9.17, 15) is 14.9 Å². The number of hydrogen-bond acceptors (Lipinski definition) is 7. The summed E-state index contributed by atoms with van der Waals surface area (Å²) < 4.78 is 19.8. The largest absolute Gasteiger partial charge is 0.369 e. The number of rotatable bonds is 8. The number of carbonyl (C=O) groups excluding carboxylic acids is 2. The van der Waals surface area contributed by atoms with Crippen molar-refractivity contribution in [3.63, 3.8) is 0 Å². The summed E-state index contributed by atoms with van der Waals surface area (Å²) in [5.74, 6) is 0.116. The number of fused-ring (bicyclic) bond motifs is 6. The number of likely N-dealkylation sites (tertiary alicyclic amines) is 1. The van der Waals surface area contributed by atoms with Gasteiger partial charge in [-0.1, -0.05) is 35.3 Å². The Balaban J connectivity index is 1.18. The van der Waals surface area contributed by atoms with E-state index in [0.717, 1.165) is 54.5 Å². The van der Waals surface area contributed by atoms with Crippen molar-refractivity contribution in [3.05, 3.63) is 87.2 Å². The molecule has 4 aliphatic heterocycles. The molecule has 0 radical (unpaired) electrons. The van der Waals surface area contributed by atoms with Gasteiger partial charge in [-0.2, -0.15) is 5.26 Å². The Morgan fingerprint density at radius 1 is 1.07 bits per heavy atom. The van der Waals surface area contributed by atoms with Crippen LogP contribution in [0.25, 0.3) is 32.9 Å². The van der Waals surface area contributed by atoms with E-state index < -0.39 is 5.82 Å². The van der Waals surface area contributed by atoms with Crippen molar-refractivity contribution in [1.82, 2.24) is 29.7 Å². The number of aryl methyl sites for hydroxylation is 2. The lowest BCUT2D eigenvalue weighted by molar-refractivity contribution is -0.135. The molecule has 13 heteroatoms. The number of nitrogens with one attached hydrogen (secondary N) is 1. The van der Waals surface area contributed by atoms with Crippen molar-refractivity contribution < 1.29 is 14.0 Å². The SMILES string of the molecule is Cc1nc2c(F)c(-c3cccc(Cl)c3Cl)c(CCC#N)cc2c2c1cc([C@H]1[C@H]3C[C@H](CN(c4ccnc(C(=O)N(C)C)c4)C3)N1C(=O)C1CC1)n2[C@H]1[C@H]2CN[C@@H]1C2. The van der Waals surface area contributed by atoms with Gasteiger partial charge in [0.25, 0.3) is 5.91 Å². The number of amides is 2. The predicted octanol–water partition coefficient (Wildman–Crippen LogP) is 7.89. The second-order valence-electron chi connectivity index (χ2n) is 16.9. The minimum atomic E-state index is -0.485. The van der Waals surface area contributed by atoms with E-state index in [-0.39, 0.29) is 64.8 Å². The first-order valence-electron chi connectivity index (χ1n) is 20.0. The Hall–Kier alpha value is -4.76. The van der Waals surface area contributed by atoms with Crippen molar-refractivity contribution in [2.45, 2.75) is 69.6 Å². The average Bonchev–Trinajstić information content (AvgIpc) is 3.48. The summed E-state index contributed by atoms with van der Waals surface area (Å²) in [7, 11) is 3.45. The maximum absolute atomic E-state index is 17.4. The zero-order valence-electron chi connectivity index (χ0n) is 32.1. The van der Waals surface area contributed by atoms with Gasteiger partial charge in [-0.15, -0.1) is 0 Å². The highest BCUT2D eigenvalue weighted by atomic mass is 35.5. The summed E-state index contributed by atoms with van der Waals surface area (Å²) in [6.45, 7) is 4.21. The Kier molecular flexibility index (Phi) is 8.78. The minimum Gasteiger partial charge on any atom is -0.369 e. The maximum atomic E-state index is 17.4. The molecule has 2 aromatic carbocycles. The Morgan fingerprint density at radius 3 is 2.61 bits per heavy atom. The van der Waals surface area contributed by atoms with Crippen LogP contribution in [-0.2, 0) is 11.2 Å². The molecule has 0 unspecified atom stereocenters. The first kappa shape index (κ1) is 36.6. The van der Waals surface area contributed by atoms with Crippen molar-refractivity contribution >= 4 is 62.5 Å². The van der Waals surface area contributed by atoms with Gasteiger partial charge in [0.1, 0.15) is 11.2 Å². The fourth-order valence-corrected chi connectivity index (χ4v) is 10.9. The van der Waals surface area contributed by atoms with E-state index in [1.54, 1.807) is 38.5 Å². The third-order valence-corrected chi connectivity index (χ3v) is 14.1. The highest BCUT2D eigenvalue weighted by Gasteiger charge is 2.55. The molecular weight excluding hydrogens is 762 g/mol. The summed E-state index contributed by atoms with van der Waals surface area (Å²) in [6, 6.07) is 15.7. The van der Waals surface area contributed by atoms with Gasteiger partial charge in [-0.05, 0) is 80.8 Å². The first-order valence-corrected chi connectivity index (χ1v) is 20.8. The molecule has 0 spiro atoms. The number of pyridine rings is 2. The van der Waals surface area contributed by atoms with Crippen LogP contribution in [0.5, 0.6) is 0 Å². The van der Waals surface area contributed by atoms with E-state index in [2.05, 4.69) is 36.8 Å². The van der Waals surface area contributed by atoms with E-state index in [0.29, 0.717) is 63.9 Å². The molecule has 3 aromatic heterocycles. The third kappa shape index (κ3) is 5.73. The van der Waals surface area contributed by atoms with Crippen LogP contribution in [0.2, 0.25) is 10.0 Å². The van der Waals surface area contributed by atoms with E-state index in [4.69, 9.17) is 28.2 Å². The number of hydrogen-bond donors (Lipinski definition) is 1. The molecule has 10 nitrogen and oxygen atoms in total. The minimum absolute atomic E-state index is 0.0123. The molecule has 57 heavy (non-hydrogen) atoms. The summed E-state index contributed by atoms with van der Waals surface area (Å²) in [4.78, 5) is 42.9. The molecule has 4 saturated heterocycles. The summed E-state index contributed by atoms with van der Waals surface area (Å²) >= 11 is 13.2. The van der Waals surface area contributed by atoms with Gasteiger partial charge in [-0.25, -0.2) is 9.37 Å². The van der Waals surface area contributed by atoms with Crippen LogP contribution in [0.3, 0.4) is 0 Å². The number of anilines is 1. The number of carbonyl (C=O) groups is 2. The number of halogens is 3. The highest BCUT2D eigenvalue weighted by molar-refractivity contribution is 6.43. The molecule has 2 amide bonds. The number of piperidine rings is 1. The van der Waals surface area contributed by atoms with Gasteiger partial charge >= 0.3 is 0 Å². The van der Waals surface area contributed by atoms with Gasteiger partial charge in [0.2, 0.25) is 5.91 Å². The number of nitriles is 1. The molecule has 11 rings (SSSR count). The molecule has 6 aliphatic rings. The summed E-state index contributed by atoms with van der Waals surface area (Å²) in [5.41, 5.74) is 5.74. The molecule has 4 bridgehead atoms. The monoisotopic (exact) mass is 804 g/mol. The first-order chi connectivity index (χ1) is 27.5. The smallest absolute Gasteiger partial charge is 0.272 e. The molecule has 7 heterocycles. The fraction of sp³-hybridized carbons (Fsp3) is 0.432. The molecule has 2 aliphatic carbocycles. The second-order valence-corrected chi connectivity index (χ2v) is 17.7. The van der Waals surface area contributed by atoms with Gasteiger partial charge in [0.05, 0.1) is 39.8 Å². The van der Waals surface area contributed by atoms with Crippen LogP contribution in [-0.4, -0.2) is 82.0 Å². The number of aromatic nitrogens is 3. The zero-order valence-corrected chi connectivity index (χ0v) is 33.6. The Labute approximate surface area is 340 Å². The van der Waals surface area contributed by atoms with Crippen LogP contribution in [0.4, 0.5) is 10.1 Å². The highest BCUT2D eigenvalue weighted by Crippen LogP contribution is 2.54. The van der Waals surface area contributed by atoms with E-state index in [1.165, 1.54) is 4.90 Å². The van der Waals surface area contributed by atoms with Crippen LogP contribution in [0, 0.1) is 41.8 Å². The second kappa shape index (κ2) is 13.7. The molecule has 1 N–H and O–H groups in total. The molecule has 6 atom stereocenters. The van der Waals surface area contributed by atoms with E-state index in [1.807, 2.05) is 25.1 Å². The number of nitrogens with zero attached hydrogens (tertiary/aromatic N) is 7. The maximum Gasteiger partial charge on any atom is 0.272 e. The van der Waals surface area contributed by atoms with E-state index >= 15 is 4.39 Å². The summed E-state index contributed by atoms with van der Waals surface area (Å²) in [5, 5.41) is 15.6. The lowest BCUT2D eigenvalue weighted by Crippen LogP contribution is -2.45. The standard InChI is InChI=1S/C44H43Cl2FN8O2/c1-22-30-18-35(41-26-14-28(54(41)43(56)23-9-10-23)21-53(20-26)27-11-13-49-34(17-27)44(57)52(2)3)55(40-25-16-33(40)50-19-25)42(30)31-15-24(6-5-12-48)36(38(47)39(31)51-22)29-7-4-8-32(45)37(29)46/h4,7-8,11,13,15,17-18,23,25-26,28,33,40-41,50H,5-6,9-10,14,16,19-21H2,1-3H3/t25-,26+,28-,33-,40+,41-/m1/s1. The Morgan fingerprint density at radius 2 is 1.89 bits per heavy atom. The number of benzene rings is 2. The van der Waals surface area contributed by atoms with Crippen LogP contribution in [0.1, 0.15) is 71.6 Å². The van der Waals surface area contributed by atoms with Crippen molar-refractivity contribution in [3.8, 4) is 17.2 Å². The van der Waals surface area contributed by atoms with Gasteiger partial charge in [0.15, 0.2) is 5.82 Å². The van der Waals surface area contributed by atoms with Crippen molar-refractivity contribution in [1.29, 1.82) is 5.26 Å². The van der Waals surface area contributed by atoms with Gasteiger partial charge in [-0.3, -0.25) is 14.6 Å². The zero-order chi connectivity index (χ0) is 39.4. The molecular formula is C44H43Cl2FN8O2. The van der Waals surface area contributed by atoms with Crippen LogP contribution in [0.15, 0.2) is 48.7 Å². The predicted molar refractivity (Wildman–Crippen MR) is 219 cm³/mol. The summed E-state index contributed by atoms with van der Waals surface area (Å²) in [6.07, 6.45) is 5.96. The normalized spacial score (nSPS) is 24.9. The van der Waals surface area contributed by atoms with Crippen LogP contribution >= 0.6 is 23.2 Å². The average molecular weight is 806 g/mol. The van der Waals surface area contributed by atoms with Crippen molar-refractivity contribution in [2.24, 2.45) is 17.8 Å². The van der Waals surface area contributed by atoms with Gasteiger partial charge in [0, 0.05) is 103 Å². The lowest BCUT2D eigenvalue weighted by atomic mass is 9.79. The third-order valence-electron chi connectivity index (χ3n) is 13.3. The van der Waals surface area contributed by atoms with Crippen molar-refractivity contribution in [2.75, 3.05) is 38.6 Å². The Bertz CT molecular complexity index is 2550. The van der Waals surface area contributed by atoms with Crippen LogP contribution < -0.4 is 10.2 Å². The molecule has 6 fully saturated rings. The fourth-order valence-electron chi connectivity index (χ4n) is 10.5.